The first-order valence-corrected chi connectivity index (χ1v) is 11.0. The van der Waals surface area contributed by atoms with Gasteiger partial charge >= 0.3 is 6.18 Å². The molecule has 0 bridgehead atoms. The summed E-state index contributed by atoms with van der Waals surface area (Å²) in [4.78, 5) is 12.9. The Bertz CT molecular complexity index is 985. The first-order chi connectivity index (χ1) is 15.0. The molecular weight excluding hydrogens is 455 g/mol. The molecular formula is C22H24ClF5N2O2. The highest BCUT2D eigenvalue weighted by Crippen LogP contribution is 2.46. The summed E-state index contributed by atoms with van der Waals surface area (Å²) in [5.74, 6) is -7.00. The van der Waals surface area contributed by atoms with E-state index in [2.05, 4.69) is 5.32 Å². The fourth-order valence-electron chi connectivity index (χ4n) is 4.81. The van der Waals surface area contributed by atoms with Crippen molar-refractivity contribution < 1.29 is 31.5 Å². The first kappa shape index (κ1) is 23.3. The lowest BCUT2D eigenvalue weighted by atomic mass is 9.78. The molecule has 176 valence electrons. The molecule has 1 N–H and O–H groups in total. The second-order valence-corrected chi connectivity index (χ2v) is 9.19. The largest absolute Gasteiger partial charge is 0.392 e. The number of aromatic nitrogens is 1. The van der Waals surface area contributed by atoms with Crippen LogP contribution in [-0.4, -0.2) is 41.8 Å². The van der Waals surface area contributed by atoms with E-state index >= 15 is 0 Å². The van der Waals surface area contributed by atoms with Gasteiger partial charge in [0.2, 0.25) is 5.92 Å². The molecule has 1 aromatic carbocycles. The minimum atomic E-state index is -4.69. The Balaban J connectivity index is 1.51. The lowest BCUT2D eigenvalue weighted by Gasteiger charge is -2.35. The highest BCUT2D eigenvalue weighted by Gasteiger charge is 2.51. The smallest absolute Gasteiger partial charge is 0.376 e. The third-order valence-electron chi connectivity index (χ3n) is 6.29. The van der Waals surface area contributed by atoms with Crippen molar-refractivity contribution in [2.24, 2.45) is 11.8 Å². The van der Waals surface area contributed by atoms with E-state index in [1.807, 2.05) is 10.6 Å². The number of ether oxygens (including phenoxy) is 1. The average Bonchev–Trinajstić information content (AvgIpc) is 3.34. The Morgan fingerprint density at radius 2 is 2.06 bits per heavy atom. The van der Waals surface area contributed by atoms with Crippen molar-refractivity contribution >= 4 is 28.4 Å². The van der Waals surface area contributed by atoms with E-state index < -0.39 is 49.1 Å². The van der Waals surface area contributed by atoms with Gasteiger partial charge in [0.1, 0.15) is 0 Å². The van der Waals surface area contributed by atoms with Crippen LogP contribution in [0.15, 0.2) is 24.4 Å². The maximum Gasteiger partial charge on any atom is 0.392 e. The van der Waals surface area contributed by atoms with Gasteiger partial charge in [-0.1, -0.05) is 17.7 Å². The van der Waals surface area contributed by atoms with Crippen molar-refractivity contribution in [1.82, 2.24) is 9.88 Å². The van der Waals surface area contributed by atoms with Gasteiger partial charge in [0.15, 0.2) is 0 Å². The number of hydrogen-bond donors (Lipinski definition) is 1. The van der Waals surface area contributed by atoms with E-state index in [0.717, 1.165) is 18.4 Å². The lowest BCUT2D eigenvalue weighted by molar-refractivity contribution is -0.213. The van der Waals surface area contributed by atoms with E-state index in [0.29, 0.717) is 23.6 Å². The number of alkyl halides is 5. The summed E-state index contributed by atoms with van der Waals surface area (Å²) >= 11 is 6.34. The van der Waals surface area contributed by atoms with Gasteiger partial charge in [-0.15, -0.1) is 0 Å². The highest BCUT2D eigenvalue weighted by molar-refractivity contribution is 6.36. The van der Waals surface area contributed by atoms with Gasteiger partial charge in [-0.3, -0.25) is 4.79 Å². The molecule has 2 fully saturated rings. The highest BCUT2D eigenvalue weighted by atomic mass is 35.5. The number of rotatable bonds is 5. The number of nitrogens with one attached hydrogen (secondary N) is 1. The molecule has 0 spiro atoms. The second kappa shape index (κ2) is 8.82. The fourth-order valence-corrected chi connectivity index (χ4v) is 5.08. The van der Waals surface area contributed by atoms with Crippen LogP contribution in [0, 0.1) is 11.8 Å². The molecule has 1 amide bonds. The maximum atomic E-state index is 13.9. The molecule has 2 aliphatic rings. The summed E-state index contributed by atoms with van der Waals surface area (Å²) in [5, 5.41) is 3.44. The van der Waals surface area contributed by atoms with Crippen LogP contribution in [0.1, 0.15) is 42.5 Å². The summed E-state index contributed by atoms with van der Waals surface area (Å²) in [6.07, 6.45) is -3.47. The molecule has 4 nitrogen and oxygen atoms in total. The summed E-state index contributed by atoms with van der Waals surface area (Å²) in [6, 6.07) is 5.23. The number of fused-ring (bicyclic) bond motifs is 1. The fraction of sp³-hybridized carbons (Fsp3) is 0.591. The maximum absolute atomic E-state index is 13.9. The van der Waals surface area contributed by atoms with Crippen LogP contribution in [0.5, 0.6) is 0 Å². The van der Waals surface area contributed by atoms with Crippen LogP contribution in [0.3, 0.4) is 0 Å². The minimum Gasteiger partial charge on any atom is -0.376 e. The number of amides is 1. The van der Waals surface area contributed by atoms with Gasteiger partial charge in [-0.05, 0) is 37.3 Å². The van der Waals surface area contributed by atoms with Crippen LogP contribution in [-0.2, 0) is 11.3 Å². The summed E-state index contributed by atoms with van der Waals surface area (Å²) in [5.41, 5.74) is 0.998. The lowest BCUT2D eigenvalue weighted by Crippen LogP contribution is -2.42. The minimum absolute atomic E-state index is 0.0178. The number of carbonyl (C=O) groups excluding carboxylic acids is 1. The SMILES string of the molecule is O=C(NCC1CC(C(F)(F)F)CC(F)(F)C1)c1cn(CC2CCCO2)c2cccc(Cl)c12. The molecule has 32 heavy (non-hydrogen) atoms. The van der Waals surface area contributed by atoms with Gasteiger partial charge < -0.3 is 14.6 Å². The average molecular weight is 479 g/mol. The van der Waals surface area contributed by atoms with E-state index in [9.17, 15) is 26.7 Å². The summed E-state index contributed by atoms with van der Waals surface area (Å²) in [7, 11) is 0. The third-order valence-corrected chi connectivity index (χ3v) is 6.60. The van der Waals surface area contributed by atoms with Crippen molar-refractivity contribution in [3.05, 3.63) is 35.0 Å². The zero-order valence-electron chi connectivity index (χ0n) is 17.2. The number of halogens is 6. The Morgan fingerprint density at radius 1 is 1.28 bits per heavy atom. The van der Waals surface area contributed by atoms with Gasteiger partial charge in [0.25, 0.3) is 5.91 Å². The third kappa shape index (κ3) is 5.03. The molecule has 1 saturated heterocycles. The zero-order chi connectivity index (χ0) is 23.1. The molecule has 1 aliphatic heterocycles. The van der Waals surface area contributed by atoms with Crippen molar-refractivity contribution in [2.75, 3.05) is 13.2 Å². The predicted molar refractivity (Wildman–Crippen MR) is 110 cm³/mol. The Labute approximate surface area is 187 Å². The van der Waals surface area contributed by atoms with Crippen molar-refractivity contribution in [1.29, 1.82) is 0 Å². The standard InChI is InChI=1S/C22H24ClF5N2O2/c23-17-4-1-5-18-19(17)16(12-30(18)11-15-3-2-6-32-15)20(31)29-10-13-7-14(22(26,27)28)9-21(24,25)8-13/h1,4-5,12-15H,2-3,6-11H2,(H,29,31). The molecule has 2 aromatic rings. The molecule has 4 rings (SSSR count). The molecule has 3 atom stereocenters. The van der Waals surface area contributed by atoms with Crippen LogP contribution in [0.4, 0.5) is 22.0 Å². The van der Waals surface area contributed by atoms with Gasteiger partial charge in [-0.2, -0.15) is 13.2 Å². The quantitative estimate of drug-likeness (QED) is 0.550. The van der Waals surface area contributed by atoms with Crippen LogP contribution in [0.2, 0.25) is 5.02 Å². The Kier molecular flexibility index (Phi) is 6.42. The molecule has 1 aliphatic carbocycles. The molecule has 2 heterocycles. The van der Waals surface area contributed by atoms with Crippen molar-refractivity contribution in [2.45, 2.75) is 56.9 Å². The monoisotopic (exact) mass is 478 g/mol. The van der Waals surface area contributed by atoms with Crippen molar-refractivity contribution in [3.63, 3.8) is 0 Å². The van der Waals surface area contributed by atoms with E-state index in [1.54, 1.807) is 18.3 Å². The number of carbonyl (C=O) groups is 1. The zero-order valence-corrected chi connectivity index (χ0v) is 18.0. The number of benzene rings is 1. The van der Waals surface area contributed by atoms with Gasteiger partial charge in [-0.25, -0.2) is 8.78 Å². The van der Waals surface area contributed by atoms with Gasteiger partial charge in [0, 0.05) is 44.1 Å². The van der Waals surface area contributed by atoms with Crippen LogP contribution >= 0.6 is 11.6 Å². The number of nitrogens with zero attached hydrogens (tertiary/aromatic N) is 1. The van der Waals surface area contributed by atoms with Crippen LogP contribution in [0.25, 0.3) is 10.9 Å². The van der Waals surface area contributed by atoms with E-state index in [-0.39, 0.29) is 18.2 Å². The Hall–Kier alpha value is -1.87. The topological polar surface area (TPSA) is 43.3 Å². The second-order valence-electron chi connectivity index (χ2n) is 8.78. The predicted octanol–water partition coefficient (Wildman–Crippen LogP) is 5.82. The van der Waals surface area contributed by atoms with E-state index in [1.165, 1.54) is 0 Å². The molecule has 10 heteroatoms. The molecule has 1 saturated carbocycles. The van der Waals surface area contributed by atoms with Crippen LogP contribution < -0.4 is 5.32 Å². The normalized spacial score (nSPS) is 25.9. The summed E-state index contributed by atoms with van der Waals surface area (Å²) in [6.45, 7) is 0.957. The molecule has 1 aromatic heterocycles. The van der Waals surface area contributed by atoms with Crippen molar-refractivity contribution in [3.8, 4) is 0 Å². The van der Waals surface area contributed by atoms with E-state index in [4.69, 9.17) is 16.3 Å². The van der Waals surface area contributed by atoms with Gasteiger partial charge in [0.05, 0.1) is 28.1 Å². The summed E-state index contributed by atoms with van der Waals surface area (Å²) < 4.78 is 74.5. The Morgan fingerprint density at radius 3 is 2.75 bits per heavy atom. The molecule has 3 unspecified atom stereocenters. The first-order valence-electron chi connectivity index (χ1n) is 10.7. The number of hydrogen-bond acceptors (Lipinski definition) is 2. The molecule has 0 radical (unpaired) electrons.